The van der Waals surface area contributed by atoms with Gasteiger partial charge in [-0.15, -0.1) is 0 Å². The van der Waals surface area contributed by atoms with Crippen molar-refractivity contribution < 1.29 is 23.9 Å². The number of dihydropyridines is 1. The Bertz CT molecular complexity index is 749. The van der Waals surface area contributed by atoms with Crippen molar-refractivity contribution in [3.8, 4) is 0 Å². The lowest BCUT2D eigenvalue weighted by Gasteiger charge is -2.19. The van der Waals surface area contributed by atoms with Crippen molar-refractivity contribution in [3.63, 3.8) is 0 Å². The first-order valence-corrected chi connectivity index (χ1v) is 7.19. The maximum absolute atomic E-state index is 14.5. The number of hydrogen-bond donors (Lipinski definition) is 3. The van der Waals surface area contributed by atoms with Crippen molar-refractivity contribution >= 4 is 23.9 Å². The van der Waals surface area contributed by atoms with Gasteiger partial charge in [-0.2, -0.15) is 0 Å². The fraction of sp³-hybridized carbons (Fsp3) is 0.267. The van der Waals surface area contributed by atoms with E-state index in [1.807, 2.05) is 5.48 Å². The van der Waals surface area contributed by atoms with Crippen LogP contribution in [0.15, 0.2) is 35.0 Å². The average molecular weight is 334 g/mol. The van der Waals surface area contributed by atoms with Gasteiger partial charge in [0.25, 0.3) is 5.91 Å². The predicted octanol–water partition coefficient (Wildman–Crippen LogP) is 1.01. The fourth-order valence-corrected chi connectivity index (χ4v) is 2.62. The molecule has 0 radical (unpaired) electrons. The number of anilines is 1. The van der Waals surface area contributed by atoms with Gasteiger partial charge in [-0.1, -0.05) is 6.07 Å². The SMILES string of the molecule is NC(=O)[C@H]1CN(c2ccc(C3CC(NO)=CC=N3)c(F)c2)C(=O)O1. The highest BCUT2D eigenvalue weighted by molar-refractivity contribution is 5.95. The minimum atomic E-state index is -1.05. The number of nitrogens with zero attached hydrogens (tertiary/aromatic N) is 2. The Labute approximate surface area is 136 Å². The smallest absolute Gasteiger partial charge is 0.415 e. The standard InChI is InChI=1S/C15H15FN4O4/c16-11-6-9(20-7-13(14(17)21)24-15(20)22)1-2-10(11)12-5-8(19-23)3-4-18-12/h1-4,6,12-13,19,23H,5,7H2,(H2,17,21)/t12?,13-/m1/s1. The molecular weight excluding hydrogens is 319 g/mol. The maximum atomic E-state index is 14.5. The van der Waals surface area contributed by atoms with Crippen LogP contribution in [0.1, 0.15) is 18.0 Å². The first kappa shape index (κ1) is 15.9. The molecule has 3 rings (SSSR count). The lowest BCUT2D eigenvalue weighted by molar-refractivity contribution is -0.124. The van der Waals surface area contributed by atoms with Crippen molar-refractivity contribution in [2.45, 2.75) is 18.6 Å². The third kappa shape index (κ3) is 2.93. The number of ether oxygens (including phenoxy) is 1. The van der Waals surface area contributed by atoms with Gasteiger partial charge in [0.15, 0.2) is 6.10 Å². The molecule has 0 saturated carbocycles. The number of cyclic esters (lactones) is 1. The highest BCUT2D eigenvalue weighted by atomic mass is 19.1. The first-order chi connectivity index (χ1) is 11.5. The van der Waals surface area contributed by atoms with Gasteiger partial charge in [0.1, 0.15) is 5.82 Å². The van der Waals surface area contributed by atoms with Crippen molar-refractivity contribution in [2.75, 3.05) is 11.4 Å². The Balaban J connectivity index is 1.81. The average Bonchev–Trinajstić information content (AvgIpc) is 2.97. The van der Waals surface area contributed by atoms with Gasteiger partial charge in [-0.25, -0.2) is 9.18 Å². The van der Waals surface area contributed by atoms with Crippen LogP contribution in [-0.2, 0) is 9.53 Å². The number of aliphatic imine (C=N–C) groups is 1. The minimum absolute atomic E-state index is 0.0597. The summed E-state index contributed by atoms with van der Waals surface area (Å²) in [7, 11) is 0. The van der Waals surface area contributed by atoms with E-state index in [-0.39, 0.29) is 12.2 Å². The van der Waals surface area contributed by atoms with Crippen LogP contribution in [0.25, 0.3) is 0 Å². The highest BCUT2D eigenvalue weighted by Gasteiger charge is 2.36. The van der Waals surface area contributed by atoms with E-state index < -0.39 is 30.0 Å². The van der Waals surface area contributed by atoms with Crippen molar-refractivity contribution in [2.24, 2.45) is 10.7 Å². The van der Waals surface area contributed by atoms with Crippen molar-refractivity contribution in [1.82, 2.24) is 5.48 Å². The number of hydroxylamine groups is 1. The van der Waals surface area contributed by atoms with Crippen LogP contribution in [0.3, 0.4) is 0 Å². The molecule has 9 heteroatoms. The molecule has 0 bridgehead atoms. The zero-order chi connectivity index (χ0) is 17.3. The molecule has 1 aromatic carbocycles. The van der Waals surface area contributed by atoms with Gasteiger partial charge in [0, 0.05) is 23.9 Å². The van der Waals surface area contributed by atoms with E-state index in [9.17, 15) is 14.0 Å². The summed E-state index contributed by atoms with van der Waals surface area (Å²) in [5.74, 6) is -1.31. The summed E-state index contributed by atoms with van der Waals surface area (Å²) >= 11 is 0. The van der Waals surface area contributed by atoms with E-state index in [0.29, 0.717) is 17.7 Å². The van der Waals surface area contributed by atoms with E-state index >= 15 is 0 Å². The maximum Gasteiger partial charge on any atom is 0.415 e. The van der Waals surface area contributed by atoms with Gasteiger partial charge in [-0.3, -0.25) is 25.4 Å². The molecule has 1 unspecified atom stereocenters. The number of nitrogens with two attached hydrogens (primary N) is 1. The van der Waals surface area contributed by atoms with Gasteiger partial charge in [0.2, 0.25) is 0 Å². The molecule has 2 amide bonds. The molecule has 0 spiro atoms. The Morgan fingerprint density at radius 1 is 1.50 bits per heavy atom. The number of primary amides is 1. The molecule has 8 nitrogen and oxygen atoms in total. The van der Waals surface area contributed by atoms with Crippen LogP contribution < -0.4 is 16.1 Å². The van der Waals surface area contributed by atoms with Crippen LogP contribution in [0.4, 0.5) is 14.9 Å². The quantitative estimate of drug-likeness (QED) is 0.711. The lowest BCUT2D eigenvalue weighted by Crippen LogP contribution is -2.32. The summed E-state index contributed by atoms with van der Waals surface area (Å²) in [6.45, 7) is -0.0597. The number of halogens is 1. The van der Waals surface area contributed by atoms with Gasteiger partial charge < -0.3 is 10.5 Å². The van der Waals surface area contributed by atoms with E-state index in [1.165, 1.54) is 18.3 Å². The van der Waals surface area contributed by atoms with Gasteiger partial charge in [0.05, 0.1) is 18.3 Å². The Morgan fingerprint density at radius 3 is 2.92 bits per heavy atom. The third-order valence-corrected chi connectivity index (χ3v) is 3.88. The number of amides is 2. The second-order valence-corrected chi connectivity index (χ2v) is 5.41. The zero-order valence-corrected chi connectivity index (χ0v) is 12.5. The number of carbonyl (C=O) groups excluding carboxylic acids is 2. The van der Waals surface area contributed by atoms with Crippen molar-refractivity contribution in [3.05, 3.63) is 41.4 Å². The van der Waals surface area contributed by atoms with Crippen molar-refractivity contribution in [1.29, 1.82) is 0 Å². The second-order valence-electron chi connectivity index (χ2n) is 5.41. The normalized spacial score (nSPS) is 23.0. The molecule has 1 aromatic rings. The predicted molar refractivity (Wildman–Crippen MR) is 82.1 cm³/mol. The number of carbonyl (C=O) groups is 2. The summed E-state index contributed by atoms with van der Waals surface area (Å²) in [5.41, 5.74) is 8.26. The molecule has 2 aliphatic heterocycles. The largest absolute Gasteiger partial charge is 0.434 e. The molecule has 0 aliphatic carbocycles. The zero-order valence-electron chi connectivity index (χ0n) is 12.5. The van der Waals surface area contributed by atoms with E-state index in [0.717, 1.165) is 4.90 Å². The summed E-state index contributed by atoms with van der Waals surface area (Å²) in [6.07, 6.45) is 1.59. The summed E-state index contributed by atoms with van der Waals surface area (Å²) in [4.78, 5) is 28.2. The van der Waals surface area contributed by atoms with Crippen LogP contribution in [0.2, 0.25) is 0 Å². The van der Waals surface area contributed by atoms with Crippen LogP contribution in [0.5, 0.6) is 0 Å². The van der Waals surface area contributed by atoms with Crippen LogP contribution in [-0.4, -0.2) is 36.1 Å². The Morgan fingerprint density at radius 2 is 2.29 bits per heavy atom. The summed E-state index contributed by atoms with van der Waals surface area (Å²) in [6, 6.07) is 3.75. The van der Waals surface area contributed by atoms with E-state index in [2.05, 4.69) is 4.99 Å². The summed E-state index contributed by atoms with van der Waals surface area (Å²) < 4.78 is 19.3. The first-order valence-electron chi connectivity index (χ1n) is 7.19. The monoisotopic (exact) mass is 334 g/mol. The molecule has 126 valence electrons. The molecule has 24 heavy (non-hydrogen) atoms. The van der Waals surface area contributed by atoms with E-state index in [4.69, 9.17) is 15.7 Å². The fourth-order valence-electron chi connectivity index (χ4n) is 2.62. The highest BCUT2D eigenvalue weighted by Crippen LogP contribution is 2.31. The number of nitrogens with one attached hydrogen (secondary N) is 1. The minimum Gasteiger partial charge on any atom is -0.434 e. The number of benzene rings is 1. The van der Waals surface area contributed by atoms with Crippen LogP contribution in [0, 0.1) is 5.82 Å². The molecular formula is C15H15FN4O4. The molecule has 1 saturated heterocycles. The number of allylic oxidation sites excluding steroid dienone is 1. The summed E-state index contributed by atoms with van der Waals surface area (Å²) in [5, 5.41) is 8.94. The molecule has 2 heterocycles. The number of rotatable bonds is 4. The number of hydrogen-bond acceptors (Lipinski definition) is 6. The third-order valence-electron chi connectivity index (χ3n) is 3.88. The molecule has 2 atom stereocenters. The van der Waals surface area contributed by atoms with Gasteiger partial charge >= 0.3 is 6.09 Å². The van der Waals surface area contributed by atoms with Gasteiger partial charge in [-0.05, 0) is 18.2 Å². The second kappa shape index (κ2) is 6.28. The molecule has 2 aliphatic rings. The van der Waals surface area contributed by atoms with Crippen LogP contribution >= 0.6 is 0 Å². The molecule has 1 fully saturated rings. The van der Waals surface area contributed by atoms with E-state index in [1.54, 1.807) is 12.1 Å². The Hall–Kier alpha value is -2.94. The topological polar surface area (TPSA) is 117 Å². The lowest BCUT2D eigenvalue weighted by atomic mass is 10.00. The molecule has 0 aromatic heterocycles. The molecule has 4 N–H and O–H groups in total. The Kier molecular flexibility index (Phi) is 4.17.